The van der Waals surface area contributed by atoms with Crippen molar-refractivity contribution >= 4 is 15.7 Å². The SMILES string of the molecule is CC1(CNS(=O)(=O)c2c(F)cc(N)cc2F)CCOCC1. The molecule has 1 aromatic rings. The van der Waals surface area contributed by atoms with Crippen LogP contribution >= 0.6 is 0 Å². The van der Waals surface area contributed by atoms with Crippen molar-refractivity contribution in [2.75, 3.05) is 25.5 Å². The molecule has 1 aliphatic rings. The Kier molecular flexibility index (Phi) is 4.50. The summed E-state index contributed by atoms with van der Waals surface area (Å²) < 4.78 is 59.1. The summed E-state index contributed by atoms with van der Waals surface area (Å²) in [6.45, 7) is 3.10. The molecule has 21 heavy (non-hydrogen) atoms. The monoisotopic (exact) mass is 320 g/mol. The lowest BCUT2D eigenvalue weighted by Gasteiger charge is -2.33. The highest BCUT2D eigenvalue weighted by molar-refractivity contribution is 7.89. The second-order valence-electron chi connectivity index (χ2n) is 5.56. The van der Waals surface area contributed by atoms with Crippen molar-refractivity contribution in [3.05, 3.63) is 23.8 Å². The van der Waals surface area contributed by atoms with E-state index >= 15 is 0 Å². The minimum atomic E-state index is -4.27. The molecule has 3 N–H and O–H groups in total. The first-order chi connectivity index (χ1) is 9.73. The number of sulfonamides is 1. The number of nitrogen functional groups attached to an aromatic ring is 1. The van der Waals surface area contributed by atoms with E-state index < -0.39 is 26.6 Å². The van der Waals surface area contributed by atoms with Crippen molar-refractivity contribution in [2.45, 2.75) is 24.7 Å². The van der Waals surface area contributed by atoms with E-state index in [0.29, 0.717) is 26.1 Å². The van der Waals surface area contributed by atoms with Crippen molar-refractivity contribution in [3.63, 3.8) is 0 Å². The number of hydrogen-bond acceptors (Lipinski definition) is 4. The predicted molar refractivity (Wildman–Crippen MR) is 74.1 cm³/mol. The Morgan fingerprint density at radius 3 is 2.33 bits per heavy atom. The van der Waals surface area contributed by atoms with Gasteiger partial charge in [-0.2, -0.15) is 0 Å². The molecule has 1 aliphatic heterocycles. The first-order valence-corrected chi connectivity index (χ1v) is 8.04. The Labute approximate surface area is 122 Å². The van der Waals surface area contributed by atoms with Crippen LogP contribution in [0.1, 0.15) is 19.8 Å². The van der Waals surface area contributed by atoms with E-state index in [0.717, 1.165) is 12.1 Å². The summed E-state index contributed by atoms with van der Waals surface area (Å²) in [6, 6.07) is 1.57. The fraction of sp³-hybridized carbons (Fsp3) is 0.538. The maximum absolute atomic E-state index is 13.7. The van der Waals surface area contributed by atoms with Gasteiger partial charge in [-0.15, -0.1) is 0 Å². The second-order valence-corrected chi connectivity index (χ2v) is 7.27. The Hall–Kier alpha value is -1.25. The number of nitrogens with one attached hydrogen (secondary N) is 1. The Balaban J connectivity index is 2.19. The minimum absolute atomic E-state index is 0.0992. The van der Waals surface area contributed by atoms with Crippen molar-refractivity contribution in [3.8, 4) is 0 Å². The van der Waals surface area contributed by atoms with Gasteiger partial charge in [0.1, 0.15) is 11.6 Å². The maximum atomic E-state index is 13.7. The maximum Gasteiger partial charge on any atom is 0.246 e. The van der Waals surface area contributed by atoms with Gasteiger partial charge in [-0.1, -0.05) is 6.92 Å². The lowest BCUT2D eigenvalue weighted by atomic mass is 9.83. The van der Waals surface area contributed by atoms with Gasteiger partial charge in [-0.05, 0) is 30.4 Å². The minimum Gasteiger partial charge on any atom is -0.399 e. The summed E-state index contributed by atoms with van der Waals surface area (Å²) in [5.74, 6) is -2.39. The van der Waals surface area contributed by atoms with Crippen LogP contribution < -0.4 is 10.5 Å². The summed E-state index contributed by atoms with van der Waals surface area (Å²) in [7, 11) is -4.27. The molecular formula is C13H18F2N2O3S. The first-order valence-electron chi connectivity index (χ1n) is 6.55. The lowest BCUT2D eigenvalue weighted by Crippen LogP contribution is -2.39. The molecule has 1 aromatic carbocycles. The lowest BCUT2D eigenvalue weighted by molar-refractivity contribution is 0.0264. The molecule has 1 fully saturated rings. The molecule has 0 spiro atoms. The third kappa shape index (κ3) is 3.69. The normalized spacial score (nSPS) is 18.6. The van der Waals surface area contributed by atoms with E-state index in [9.17, 15) is 17.2 Å². The number of benzene rings is 1. The molecule has 1 heterocycles. The second kappa shape index (κ2) is 5.86. The summed E-state index contributed by atoms with van der Waals surface area (Å²) >= 11 is 0. The van der Waals surface area contributed by atoms with Crippen molar-refractivity contribution in [1.82, 2.24) is 4.72 Å². The number of rotatable bonds is 4. The van der Waals surface area contributed by atoms with E-state index in [-0.39, 0.29) is 17.6 Å². The van der Waals surface area contributed by atoms with Gasteiger partial charge < -0.3 is 10.5 Å². The summed E-state index contributed by atoms with van der Waals surface area (Å²) in [5, 5.41) is 0. The van der Waals surface area contributed by atoms with Gasteiger partial charge in [0.25, 0.3) is 0 Å². The summed E-state index contributed by atoms with van der Waals surface area (Å²) in [4.78, 5) is -0.993. The van der Waals surface area contributed by atoms with Gasteiger partial charge >= 0.3 is 0 Å². The first kappa shape index (κ1) is 16.1. The van der Waals surface area contributed by atoms with Crippen molar-refractivity contribution in [2.24, 2.45) is 5.41 Å². The highest BCUT2D eigenvalue weighted by atomic mass is 32.2. The molecule has 0 saturated carbocycles. The quantitative estimate of drug-likeness (QED) is 0.827. The largest absolute Gasteiger partial charge is 0.399 e. The number of hydrogen-bond donors (Lipinski definition) is 2. The third-order valence-electron chi connectivity index (χ3n) is 3.68. The molecule has 0 unspecified atom stereocenters. The van der Waals surface area contributed by atoms with Gasteiger partial charge in [-0.25, -0.2) is 21.9 Å². The molecule has 0 bridgehead atoms. The molecule has 1 saturated heterocycles. The Morgan fingerprint density at radius 2 is 1.81 bits per heavy atom. The van der Waals surface area contributed by atoms with E-state index in [2.05, 4.69) is 4.72 Å². The number of halogens is 2. The van der Waals surface area contributed by atoms with E-state index in [1.54, 1.807) is 0 Å². The van der Waals surface area contributed by atoms with E-state index in [4.69, 9.17) is 10.5 Å². The van der Waals surface area contributed by atoms with Crippen LogP contribution in [0.3, 0.4) is 0 Å². The Morgan fingerprint density at radius 1 is 1.29 bits per heavy atom. The topological polar surface area (TPSA) is 81.4 Å². The molecular weight excluding hydrogens is 302 g/mol. The molecule has 0 aliphatic carbocycles. The van der Waals surface area contributed by atoms with Crippen LogP contribution in [0.5, 0.6) is 0 Å². The van der Waals surface area contributed by atoms with E-state index in [1.165, 1.54) is 0 Å². The van der Waals surface area contributed by atoms with E-state index in [1.807, 2.05) is 6.92 Å². The van der Waals surface area contributed by atoms with Gasteiger partial charge in [0, 0.05) is 25.4 Å². The molecule has 0 atom stereocenters. The number of nitrogens with two attached hydrogens (primary N) is 1. The van der Waals surface area contributed by atoms with Crippen LogP contribution in [-0.2, 0) is 14.8 Å². The zero-order valence-corrected chi connectivity index (χ0v) is 12.5. The fourth-order valence-electron chi connectivity index (χ4n) is 2.22. The average Bonchev–Trinajstić information content (AvgIpc) is 2.36. The standard InChI is InChI=1S/C13H18F2N2O3S/c1-13(2-4-20-5-3-13)8-17-21(18,19)12-10(14)6-9(16)7-11(12)15/h6-7,17H,2-5,8,16H2,1H3. The van der Waals surface area contributed by atoms with Crippen LogP contribution in [0.25, 0.3) is 0 Å². The number of anilines is 1. The molecule has 0 aromatic heterocycles. The van der Waals surface area contributed by atoms with Crippen LogP contribution in [0.15, 0.2) is 17.0 Å². The molecule has 118 valence electrons. The van der Waals surface area contributed by atoms with Gasteiger partial charge in [0.15, 0.2) is 4.90 Å². The molecule has 2 rings (SSSR count). The Bertz CT molecular complexity index is 605. The van der Waals surface area contributed by atoms with Crippen molar-refractivity contribution in [1.29, 1.82) is 0 Å². The highest BCUT2D eigenvalue weighted by Crippen LogP contribution is 2.30. The van der Waals surface area contributed by atoms with Crippen LogP contribution in [0.4, 0.5) is 14.5 Å². The number of ether oxygens (including phenoxy) is 1. The predicted octanol–water partition coefficient (Wildman–Crippen LogP) is 1.64. The van der Waals surface area contributed by atoms with Crippen LogP contribution in [0.2, 0.25) is 0 Å². The molecule has 5 nitrogen and oxygen atoms in total. The average molecular weight is 320 g/mol. The van der Waals surface area contributed by atoms with Gasteiger partial charge in [-0.3, -0.25) is 0 Å². The van der Waals surface area contributed by atoms with Crippen LogP contribution in [-0.4, -0.2) is 28.2 Å². The molecule has 0 radical (unpaired) electrons. The molecule has 8 heteroatoms. The zero-order valence-electron chi connectivity index (χ0n) is 11.7. The summed E-state index contributed by atoms with van der Waals surface area (Å²) in [6.07, 6.45) is 1.37. The van der Waals surface area contributed by atoms with Crippen molar-refractivity contribution < 1.29 is 21.9 Å². The van der Waals surface area contributed by atoms with Gasteiger partial charge in [0.05, 0.1) is 0 Å². The molecule has 0 amide bonds. The van der Waals surface area contributed by atoms with Gasteiger partial charge in [0.2, 0.25) is 10.0 Å². The smallest absolute Gasteiger partial charge is 0.246 e. The fourth-order valence-corrected chi connectivity index (χ4v) is 3.53. The summed E-state index contributed by atoms with van der Waals surface area (Å²) in [5.41, 5.74) is 4.82. The third-order valence-corrected chi connectivity index (χ3v) is 5.13. The van der Waals surface area contributed by atoms with Crippen LogP contribution in [0, 0.1) is 17.0 Å². The highest BCUT2D eigenvalue weighted by Gasteiger charge is 2.31. The zero-order chi connectivity index (χ0) is 15.7.